The third-order valence-electron chi connectivity index (χ3n) is 2.23. The Balaban J connectivity index is 2.30. The monoisotopic (exact) mass is 286 g/mol. The van der Waals surface area contributed by atoms with Gasteiger partial charge in [-0.05, 0) is 24.6 Å². The van der Waals surface area contributed by atoms with E-state index in [1.165, 1.54) is 24.5 Å². The van der Waals surface area contributed by atoms with Crippen molar-refractivity contribution in [3.05, 3.63) is 35.0 Å². The molecule has 2 aromatic rings. The quantitative estimate of drug-likeness (QED) is 0.799. The second-order valence-electron chi connectivity index (χ2n) is 3.58. The molecule has 0 unspecified atom stereocenters. The van der Waals surface area contributed by atoms with Gasteiger partial charge in [-0.3, -0.25) is 4.72 Å². The molecular weight excluding hydrogens is 276 g/mol. The molecule has 0 radical (unpaired) electrons. The molecular formula is C10H10N2O4S2. The van der Waals surface area contributed by atoms with E-state index in [2.05, 4.69) is 9.71 Å². The summed E-state index contributed by atoms with van der Waals surface area (Å²) in [5.74, 6) is -1.07. The van der Waals surface area contributed by atoms with Crippen LogP contribution in [0, 0.1) is 6.92 Å². The Hall–Kier alpha value is -1.80. The number of carboxylic acids is 1. The molecule has 0 bridgehead atoms. The molecule has 2 heterocycles. The molecule has 0 aromatic carbocycles. The van der Waals surface area contributed by atoms with Crippen LogP contribution in [0.15, 0.2) is 29.4 Å². The second kappa shape index (κ2) is 4.46. The Morgan fingerprint density at radius 2 is 2.22 bits per heavy atom. The highest BCUT2D eigenvalue weighted by atomic mass is 32.2. The van der Waals surface area contributed by atoms with Gasteiger partial charge < -0.3 is 10.1 Å². The molecule has 8 heteroatoms. The molecule has 0 fully saturated rings. The van der Waals surface area contributed by atoms with Crippen LogP contribution < -0.4 is 4.72 Å². The van der Waals surface area contributed by atoms with Gasteiger partial charge in [-0.15, -0.1) is 11.3 Å². The summed E-state index contributed by atoms with van der Waals surface area (Å²) in [7, 11) is -3.66. The van der Waals surface area contributed by atoms with Crippen molar-refractivity contribution in [1.29, 1.82) is 0 Å². The molecule has 0 saturated heterocycles. The number of rotatable bonds is 4. The number of aromatic amines is 1. The van der Waals surface area contributed by atoms with Crippen molar-refractivity contribution >= 4 is 32.3 Å². The van der Waals surface area contributed by atoms with E-state index in [1.54, 1.807) is 6.92 Å². The van der Waals surface area contributed by atoms with Gasteiger partial charge in [-0.2, -0.15) is 0 Å². The molecule has 0 aliphatic rings. The number of thiophene rings is 1. The van der Waals surface area contributed by atoms with Crippen LogP contribution in [0.5, 0.6) is 0 Å². The lowest BCUT2D eigenvalue weighted by Gasteiger charge is -2.02. The standard InChI is InChI=1S/C10H10N2O4S2/c1-6-4-8(17-9(6)10(13)14)12-18(15,16)7-2-3-11-5-7/h2-5,11-12H,1H3,(H,13,14). The summed E-state index contributed by atoms with van der Waals surface area (Å²) in [4.78, 5) is 13.7. The number of aromatic carboxylic acids is 1. The van der Waals surface area contributed by atoms with Crippen LogP contribution in [0.4, 0.5) is 5.00 Å². The number of anilines is 1. The predicted octanol–water partition coefficient (Wildman–Crippen LogP) is 1.88. The molecule has 18 heavy (non-hydrogen) atoms. The molecule has 96 valence electrons. The first kappa shape index (κ1) is 12.7. The molecule has 0 atom stereocenters. The van der Waals surface area contributed by atoms with Crippen molar-refractivity contribution in [2.24, 2.45) is 0 Å². The second-order valence-corrected chi connectivity index (χ2v) is 6.31. The van der Waals surface area contributed by atoms with E-state index >= 15 is 0 Å². The molecule has 0 aliphatic heterocycles. The number of sulfonamides is 1. The first-order valence-corrected chi connectivity index (χ1v) is 7.19. The SMILES string of the molecule is Cc1cc(NS(=O)(=O)c2cc[nH]c2)sc1C(=O)O. The third-order valence-corrected chi connectivity index (χ3v) is 4.86. The predicted molar refractivity (Wildman–Crippen MR) is 67.6 cm³/mol. The molecule has 0 saturated carbocycles. The summed E-state index contributed by atoms with van der Waals surface area (Å²) in [6.45, 7) is 1.62. The minimum Gasteiger partial charge on any atom is -0.477 e. The van der Waals surface area contributed by atoms with E-state index in [0.717, 1.165) is 11.3 Å². The number of nitrogens with one attached hydrogen (secondary N) is 2. The maximum Gasteiger partial charge on any atom is 0.346 e. The summed E-state index contributed by atoms with van der Waals surface area (Å²) in [6, 6.07) is 2.92. The van der Waals surface area contributed by atoms with Crippen LogP contribution in [0.2, 0.25) is 0 Å². The van der Waals surface area contributed by atoms with E-state index in [1.807, 2.05) is 0 Å². The van der Waals surface area contributed by atoms with Gasteiger partial charge in [0.15, 0.2) is 0 Å². The number of hydrogen-bond donors (Lipinski definition) is 3. The number of H-pyrrole nitrogens is 1. The third kappa shape index (κ3) is 2.39. The van der Waals surface area contributed by atoms with E-state index < -0.39 is 16.0 Å². The van der Waals surface area contributed by atoms with Gasteiger partial charge in [0.2, 0.25) is 0 Å². The summed E-state index contributed by atoms with van der Waals surface area (Å²) >= 11 is 0.892. The van der Waals surface area contributed by atoms with Crippen LogP contribution >= 0.6 is 11.3 Å². The minimum absolute atomic E-state index is 0.102. The molecule has 0 spiro atoms. The topological polar surface area (TPSA) is 99.3 Å². The van der Waals surface area contributed by atoms with Gasteiger partial charge in [0.25, 0.3) is 10.0 Å². The van der Waals surface area contributed by atoms with Crippen molar-refractivity contribution in [3.8, 4) is 0 Å². The van der Waals surface area contributed by atoms with Gasteiger partial charge in [0, 0.05) is 12.4 Å². The van der Waals surface area contributed by atoms with Crippen molar-refractivity contribution in [3.63, 3.8) is 0 Å². The Morgan fingerprint density at radius 1 is 1.50 bits per heavy atom. The van der Waals surface area contributed by atoms with E-state index in [9.17, 15) is 13.2 Å². The van der Waals surface area contributed by atoms with Crippen molar-refractivity contribution in [2.75, 3.05) is 4.72 Å². The van der Waals surface area contributed by atoms with Crippen molar-refractivity contribution in [1.82, 2.24) is 4.98 Å². The molecule has 2 aromatic heterocycles. The van der Waals surface area contributed by atoms with Crippen LogP contribution in [-0.2, 0) is 10.0 Å². The molecule has 0 amide bonds. The average Bonchev–Trinajstić information content (AvgIpc) is 2.86. The maximum atomic E-state index is 11.9. The van der Waals surface area contributed by atoms with Gasteiger partial charge >= 0.3 is 5.97 Å². The Morgan fingerprint density at radius 3 is 2.72 bits per heavy atom. The van der Waals surface area contributed by atoms with Gasteiger partial charge in [-0.25, -0.2) is 13.2 Å². The van der Waals surface area contributed by atoms with Crippen LogP contribution in [0.1, 0.15) is 15.2 Å². The smallest absolute Gasteiger partial charge is 0.346 e. The number of carboxylic acid groups (broad SMARTS) is 1. The van der Waals surface area contributed by atoms with Gasteiger partial charge in [0.1, 0.15) is 14.8 Å². The van der Waals surface area contributed by atoms with Crippen LogP contribution in [0.3, 0.4) is 0 Å². The zero-order valence-corrected chi connectivity index (χ0v) is 10.9. The Bertz CT molecular complexity index is 671. The highest BCUT2D eigenvalue weighted by molar-refractivity contribution is 7.93. The first-order valence-electron chi connectivity index (χ1n) is 4.89. The summed E-state index contributed by atoms with van der Waals surface area (Å²) in [6.07, 6.45) is 2.85. The summed E-state index contributed by atoms with van der Waals surface area (Å²) < 4.78 is 26.1. The lowest BCUT2D eigenvalue weighted by Crippen LogP contribution is -2.10. The van der Waals surface area contributed by atoms with Crippen LogP contribution in [0.25, 0.3) is 0 Å². The van der Waals surface area contributed by atoms with Crippen LogP contribution in [-0.4, -0.2) is 24.5 Å². The molecule has 3 N–H and O–H groups in total. The number of aryl methyl sites for hydroxylation is 1. The normalized spacial score (nSPS) is 11.4. The van der Waals surface area contributed by atoms with Gasteiger partial charge in [-0.1, -0.05) is 0 Å². The van der Waals surface area contributed by atoms with E-state index in [0.29, 0.717) is 5.56 Å². The van der Waals surface area contributed by atoms with E-state index in [4.69, 9.17) is 5.11 Å². The van der Waals surface area contributed by atoms with Gasteiger partial charge in [0.05, 0.1) is 0 Å². The maximum absolute atomic E-state index is 11.9. The first-order chi connectivity index (χ1) is 8.40. The number of carbonyl (C=O) groups is 1. The molecule has 2 rings (SSSR count). The fourth-order valence-electron chi connectivity index (χ4n) is 1.41. The van der Waals surface area contributed by atoms with Crippen molar-refractivity contribution < 1.29 is 18.3 Å². The Kier molecular flexibility index (Phi) is 3.14. The highest BCUT2D eigenvalue weighted by Gasteiger charge is 2.18. The Labute approximate surface area is 107 Å². The lowest BCUT2D eigenvalue weighted by molar-refractivity contribution is 0.0701. The minimum atomic E-state index is -3.66. The van der Waals surface area contributed by atoms with Crippen molar-refractivity contribution in [2.45, 2.75) is 11.8 Å². The number of hydrogen-bond acceptors (Lipinski definition) is 4. The summed E-state index contributed by atoms with van der Waals surface area (Å²) in [5, 5.41) is 9.17. The molecule has 0 aliphatic carbocycles. The fraction of sp³-hybridized carbons (Fsp3) is 0.100. The zero-order chi connectivity index (χ0) is 13.3. The highest BCUT2D eigenvalue weighted by Crippen LogP contribution is 2.28. The lowest BCUT2D eigenvalue weighted by atomic mass is 10.3. The average molecular weight is 286 g/mol. The van der Waals surface area contributed by atoms with E-state index in [-0.39, 0.29) is 14.8 Å². The fourth-order valence-corrected chi connectivity index (χ4v) is 3.58. The molecule has 6 nitrogen and oxygen atoms in total. The number of aromatic nitrogens is 1. The zero-order valence-electron chi connectivity index (χ0n) is 9.30. The summed E-state index contributed by atoms with van der Waals surface area (Å²) in [5.41, 5.74) is 0.527. The largest absolute Gasteiger partial charge is 0.477 e.